The van der Waals surface area contributed by atoms with Gasteiger partial charge >= 0.3 is 0 Å². The van der Waals surface area contributed by atoms with Gasteiger partial charge in [0, 0.05) is 22.4 Å². The fraction of sp³-hybridized carbons (Fsp3) is 0.0769. The maximum Gasteiger partial charge on any atom is 0.262 e. The van der Waals surface area contributed by atoms with E-state index >= 15 is 0 Å². The molecule has 0 fully saturated rings. The van der Waals surface area contributed by atoms with Gasteiger partial charge in [0.15, 0.2) is 6.61 Å². The van der Waals surface area contributed by atoms with Gasteiger partial charge in [-0.2, -0.15) is 0 Å². The van der Waals surface area contributed by atoms with E-state index in [1.54, 1.807) is 24.4 Å². The second kappa shape index (κ2) is 6.16. The van der Waals surface area contributed by atoms with Crippen molar-refractivity contribution in [1.29, 1.82) is 0 Å². The minimum Gasteiger partial charge on any atom is -0.468 e. The zero-order valence-electron chi connectivity index (χ0n) is 9.47. The lowest BCUT2D eigenvalue weighted by molar-refractivity contribution is -0.118. The average Bonchev–Trinajstić information content (AvgIpc) is 2.40. The number of nitrogens with zero attached hydrogens (tertiary/aromatic N) is 1. The number of anilines is 1. The Bertz CT molecular complexity index is 514. The molecular weight excluding hydrogens is 296 g/mol. The highest BCUT2D eigenvalue weighted by Crippen LogP contribution is 2.14. The molecule has 2 aromatic rings. The molecule has 0 saturated carbocycles. The van der Waals surface area contributed by atoms with Gasteiger partial charge in [-0.3, -0.25) is 4.79 Å². The van der Waals surface area contributed by atoms with Crippen molar-refractivity contribution >= 4 is 27.5 Å². The maximum absolute atomic E-state index is 11.6. The summed E-state index contributed by atoms with van der Waals surface area (Å²) in [5.74, 6) is 0.214. The lowest BCUT2D eigenvalue weighted by Crippen LogP contribution is -2.20. The summed E-state index contributed by atoms with van der Waals surface area (Å²) in [6, 6.07) is 12.6. The second-order valence-electron chi connectivity index (χ2n) is 3.51. The summed E-state index contributed by atoms with van der Waals surface area (Å²) in [5, 5.41) is 2.73. The van der Waals surface area contributed by atoms with Gasteiger partial charge in [0.05, 0.1) is 0 Å². The van der Waals surface area contributed by atoms with Crippen LogP contribution in [0.15, 0.2) is 53.1 Å². The lowest BCUT2D eigenvalue weighted by atomic mass is 10.3. The first-order valence-electron chi connectivity index (χ1n) is 5.33. The third kappa shape index (κ3) is 3.85. The predicted octanol–water partition coefficient (Wildman–Crippen LogP) is 2.86. The largest absolute Gasteiger partial charge is 0.468 e. The van der Waals surface area contributed by atoms with E-state index in [4.69, 9.17) is 4.74 Å². The number of hydrogen-bond acceptors (Lipinski definition) is 3. The van der Waals surface area contributed by atoms with Crippen molar-refractivity contribution in [2.24, 2.45) is 0 Å². The number of carbonyl (C=O) groups is 1. The van der Waals surface area contributed by atoms with E-state index in [0.29, 0.717) is 5.88 Å². The number of pyridine rings is 1. The molecule has 0 saturated heterocycles. The van der Waals surface area contributed by atoms with Gasteiger partial charge in [0.2, 0.25) is 5.88 Å². The van der Waals surface area contributed by atoms with E-state index in [1.165, 1.54) is 0 Å². The van der Waals surface area contributed by atoms with Gasteiger partial charge in [-0.1, -0.05) is 22.0 Å². The van der Waals surface area contributed by atoms with Crippen LogP contribution in [0.25, 0.3) is 0 Å². The number of halogens is 1. The van der Waals surface area contributed by atoms with Crippen molar-refractivity contribution in [1.82, 2.24) is 4.98 Å². The number of aromatic nitrogens is 1. The van der Waals surface area contributed by atoms with Crippen molar-refractivity contribution < 1.29 is 9.53 Å². The van der Waals surface area contributed by atoms with Crippen molar-refractivity contribution in [2.45, 2.75) is 0 Å². The normalized spacial score (nSPS) is 9.83. The quantitative estimate of drug-likeness (QED) is 0.945. The van der Waals surface area contributed by atoms with E-state index < -0.39 is 0 Å². The van der Waals surface area contributed by atoms with Crippen LogP contribution in [0.2, 0.25) is 0 Å². The Hall–Kier alpha value is -1.88. The average molecular weight is 307 g/mol. The molecule has 1 aromatic carbocycles. The summed E-state index contributed by atoms with van der Waals surface area (Å²) in [5.41, 5.74) is 0.729. The van der Waals surface area contributed by atoms with Crippen LogP contribution in [0, 0.1) is 0 Å². The van der Waals surface area contributed by atoms with E-state index in [1.807, 2.05) is 24.3 Å². The highest BCUT2D eigenvalue weighted by molar-refractivity contribution is 9.10. The first kappa shape index (κ1) is 12.6. The Morgan fingerprint density at radius 1 is 1.22 bits per heavy atom. The second-order valence-corrected chi connectivity index (χ2v) is 4.43. The molecule has 5 heteroatoms. The van der Waals surface area contributed by atoms with Crippen LogP contribution in [-0.4, -0.2) is 17.5 Å². The number of carbonyl (C=O) groups excluding carboxylic acids is 1. The number of nitrogens with one attached hydrogen (secondary N) is 1. The molecule has 0 unspecified atom stereocenters. The molecule has 0 bridgehead atoms. The van der Waals surface area contributed by atoms with E-state index in [-0.39, 0.29) is 12.5 Å². The molecule has 0 aliphatic rings. The molecule has 1 N–H and O–H groups in total. The zero-order valence-corrected chi connectivity index (χ0v) is 11.1. The molecule has 1 heterocycles. The standard InChI is InChI=1S/C13H11BrN2O2/c14-10-4-6-11(7-5-10)16-12(17)9-18-13-3-1-2-8-15-13/h1-8H,9H2,(H,16,17). The number of rotatable bonds is 4. The number of hydrogen-bond donors (Lipinski definition) is 1. The molecule has 2 rings (SSSR count). The molecule has 1 aromatic heterocycles. The van der Waals surface area contributed by atoms with E-state index in [0.717, 1.165) is 10.2 Å². The first-order valence-corrected chi connectivity index (χ1v) is 6.12. The van der Waals surface area contributed by atoms with Crippen LogP contribution in [-0.2, 0) is 4.79 Å². The third-order valence-electron chi connectivity index (χ3n) is 2.12. The minimum atomic E-state index is -0.219. The highest BCUT2D eigenvalue weighted by atomic mass is 79.9. The Morgan fingerprint density at radius 3 is 2.67 bits per heavy atom. The Morgan fingerprint density at radius 2 is 2.00 bits per heavy atom. The van der Waals surface area contributed by atoms with Gasteiger partial charge in [-0.15, -0.1) is 0 Å². The number of ether oxygens (including phenoxy) is 1. The van der Waals surface area contributed by atoms with Gasteiger partial charge < -0.3 is 10.1 Å². The first-order chi connectivity index (χ1) is 8.74. The van der Waals surface area contributed by atoms with Crippen LogP contribution < -0.4 is 10.1 Å². The van der Waals surface area contributed by atoms with Crippen molar-refractivity contribution in [3.8, 4) is 5.88 Å². The van der Waals surface area contributed by atoms with E-state index in [9.17, 15) is 4.79 Å². The predicted molar refractivity (Wildman–Crippen MR) is 72.5 cm³/mol. The fourth-order valence-corrected chi connectivity index (χ4v) is 1.57. The Balaban J connectivity index is 1.84. The molecule has 4 nitrogen and oxygen atoms in total. The number of amides is 1. The summed E-state index contributed by atoms with van der Waals surface area (Å²) in [6.07, 6.45) is 1.61. The molecule has 0 spiro atoms. The smallest absolute Gasteiger partial charge is 0.262 e. The van der Waals surface area contributed by atoms with Gasteiger partial charge in [-0.05, 0) is 30.3 Å². The third-order valence-corrected chi connectivity index (χ3v) is 2.65. The van der Waals surface area contributed by atoms with Crippen molar-refractivity contribution in [3.63, 3.8) is 0 Å². The number of benzene rings is 1. The zero-order chi connectivity index (χ0) is 12.8. The highest BCUT2D eigenvalue weighted by Gasteiger charge is 2.03. The van der Waals surface area contributed by atoms with E-state index in [2.05, 4.69) is 26.2 Å². The van der Waals surface area contributed by atoms with Gasteiger partial charge in [0.1, 0.15) is 0 Å². The monoisotopic (exact) mass is 306 g/mol. The Kier molecular flexibility index (Phi) is 4.30. The molecule has 1 amide bonds. The van der Waals surface area contributed by atoms with Crippen LogP contribution in [0.5, 0.6) is 5.88 Å². The van der Waals surface area contributed by atoms with Crippen LogP contribution in [0.3, 0.4) is 0 Å². The molecule has 0 aliphatic carbocycles. The minimum absolute atomic E-state index is 0.0624. The summed E-state index contributed by atoms with van der Waals surface area (Å²) < 4.78 is 6.19. The van der Waals surface area contributed by atoms with Gasteiger partial charge in [-0.25, -0.2) is 4.98 Å². The molecule has 0 radical (unpaired) electrons. The van der Waals surface area contributed by atoms with Crippen LogP contribution in [0.4, 0.5) is 5.69 Å². The molecule has 18 heavy (non-hydrogen) atoms. The molecular formula is C13H11BrN2O2. The molecule has 92 valence electrons. The summed E-state index contributed by atoms with van der Waals surface area (Å²) in [7, 11) is 0. The van der Waals surface area contributed by atoms with Crippen molar-refractivity contribution in [2.75, 3.05) is 11.9 Å². The van der Waals surface area contributed by atoms with Gasteiger partial charge in [0.25, 0.3) is 5.91 Å². The molecule has 0 aliphatic heterocycles. The van der Waals surface area contributed by atoms with Crippen LogP contribution >= 0.6 is 15.9 Å². The topological polar surface area (TPSA) is 51.2 Å². The maximum atomic E-state index is 11.6. The SMILES string of the molecule is O=C(COc1ccccn1)Nc1ccc(Br)cc1. The fourth-order valence-electron chi connectivity index (χ4n) is 1.30. The van der Waals surface area contributed by atoms with Crippen LogP contribution in [0.1, 0.15) is 0 Å². The summed E-state index contributed by atoms with van der Waals surface area (Å²) in [4.78, 5) is 15.6. The summed E-state index contributed by atoms with van der Waals surface area (Å²) in [6.45, 7) is -0.0624. The summed E-state index contributed by atoms with van der Waals surface area (Å²) >= 11 is 3.33. The lowest BCUT2D eigenvalue weighted by Gasteiger charge is -2.06. The van der Waals surface area contributed by atoms with Crippen molar-refractivity contribution in [3.05, 3.63) is 53.1 Å². The molecule has 0 atom stereocenters. The Labute approximate surface area is 113 Å².